The topological polar surface area (TPSA) is 104 Å². The summed E-state index contributed by atoms with van der Waals surface area (Å²) in [4.78, 5) is 48.7. The Kier molecular flexibility index (Phi) is 6.60. The molecule has 166 valence electrons. The minimum absolute atomic E-state index is 0.00167. The third-order valence-corrected chi connectivity index (χ3v) is 6.11. The smallest absolute Gasteiger partial charge is 0.262 e. The first kappa shape index (κ1) is 21.7. The first-order valence-electron chi connectivity index (χ1n) is 10.2. The van der Waals surface area contributed by atoms with Crippen LogP contribution in [0.1, 0.15) is 5.69 Å². The number of hydrogen-bond donors (Lipinski definition) is 1. The fourth-order valence-electron chi connectivity index (χ4n) is 3.56. The standard InChI is InChI=1S/C22H23N5O4S/c1-31-17-5-2-4-16(13-17)26-8-10-27(11-9-26)19(28)12-15-14-32-22(24-15)25-21(30)18-6-3-7-23-20(18)29/h2-7,13-14,18H,8-12H2,1H3,(H,24,25,30). The summed E-state index contributed by atoms with van der Waals surface area (Å²) in [7, 11) is 1.64. The summed E-state index contributed by atoms with van der Waals surface area (Å²) in [6.45, 7) is 2.73. The first-order valence-corrected chi connectivity index (χ1v) is 11.1. The molecule has 0 bridgehead atoms. The van der Waals surface area contributed by atoms with Crippen LogP contribution < -0.4 is 15.0 Å². The van der Waals surface area contributed by atoms with Crippen LogP contribution >= 0.6 is 11.3 Å². The number of dihydropyridines is 1. The van der Waals surface area contributed by atoms with Crippen molar-refractivity contribution in [2.45, 2.75) is 6.42 Å². The van der Waals surface area contributed by atoms with E-state index in [-0.39, 0.29) is 12.3 Å². The second-order valence-electron chi connectivity index (χ2n) is 7.36. The van der Waals surface area contributed by atoms with Crippen molar-refractivity contribution >= 4 is 46.1 Å². The van der Waals surface area contributed by atoms with Crippen LogP contribution in [-0.4, -0.2) is 67.1 Å². The van der Waals surface area contributed by atoms with Gasteiger partial charge in [-0.15, -0.1) is 11.3 Å². The number of aromatic nitrogens is 1. The lowest BCUT2D eigenvalue weighted by atomic mass is 10.1. The van der Waals surface area contributed by atoms with Crippen LogP contribution in [0.2, 0.25) is 0 Å². The van der Waals surface area contributed by atoms with E-state index >= 15 is 0 Å². The number of carbonyl (C=O) groups excluding carboxylic acids is 3. The second-order valence-corrected chi connectivity index (χ2v) is 8.22. The maximum atomic E-state index is 12.7. The molecule has 3 heterocycles. The number of methoxy groups -OCH3 is 1. The normalized spacial score (nSPS) is 18.0. The maximum Gasteiger partial charge on any atom is 0.262 e. The molecule has 0 spiro atoms. The van der Waals surface area contributed by atoms with E-state index in [0.29, 0.717) is 23.9 Å². The molecule has 0 radical (unpaired) electrons. The minimum Gasteiger partial charge on any atom is -0.497 e. The van der Waals surface area contributed by atoms with Gasteiger partial charge in [-0.2, -0.15) is 0 Å². The summed E-state index contributed by atoms with van der Waals surface area (Å²) < 4.78 is 5.29. The number of nitrogens with one attached hydrogen (secondary N) is 1. The monoisotopic (exact) mass is 453 g/mol. The fraction of sp³-hybridized carbons (Fsp3) is 0.318. The van der Waals surface area contributed by atoms with Crippen LogP contribution in [0.5, 0.6) is 5.75 Å². The van der Waals surface area contributed by atoms with Crippen LogP contribution in [0.15, 0.2) is 46.8 Å². The maximum absolute atomic E-state index is 12.7. The zero-order valence-corrected chi connectivity index (χ0v) is 18.4. The lowest BCUT2D eigenvalue weighted by Gasteiger charge is -2.36. The van der Waals surface area contributed by atoms with Gasteiger partial charge in [0.2, 0.25) is 11.8 Å². The van der Waals surface area contributed by atoms with E-state index in [2.05, 4.69) is 20.2 Å². The molecule has 1 saturated heterocycles. The van der Waals surface area contributed by atoms with E-state index in [4.69, 9.17) is 4.74 Å². The molecule has 0 aliphatic carbocycles. The molecule has 3 amide bonds. The van der Waals surface area contributed by atoms with Gasteiger partial charge in [0.1, 0.15) is 11.7 Å². The fourth-order valence-corrected chi connectivity index (χ4v) is 4.27. The minimum atomic E-state index is -0.949. The molecule has 2 aromatic rings. The highest BCUT2D eigenvalue weighted by atomic mass is 32.1. The molecular formula is C22H23N5O4S. The van der Waals surface area contributed by atoms with E-state index in [1.165, 1.54) is 23.6 Å². The van der Waals surface area contributed by atoms with Crippen LogP contribution in [0, 0.1) is 5.92 Å². The number of aliphatic imine (C=N–C) groups is 1. The summed E-state index contributed by atoms with van der Waals surface area (Å²) in [6, 6.07) is 7.89. The molecule has 1 aromatic carbocycles. The number of carbonyl (C=O) groups is 3. The van der Waals surface area contributed by atoms with Gasteiger partial charge < -0.3 is 19.9 Å². The SMILES string of the molecule is COc1cccc(N2CCN(C(=O)Cc3csc(NC(=O)C4C=CC=NC4=O)n3)CC2)c1. The Morgan fingerprint density at radius 2 is 2.06 bits per heavy atom. The second kappa shape index (κ2) is 9.73. The Labute approximate surface area is 189 Å². The highest BCUT2D eigenvalue weighted by Gasteiger charge is 2.26. The Morgan fingerprint density at radius 3 is 2.81 bits per heavy atom. The van der Waals surface area contributed by atoms with Crippen LogP contribution in [-0.2, 0) is 20.8 Å². The summed E-state index contributed by atoms with van der Waals surface area (Å²) in [6.07, 6.45) is 4.58. The van der Waals surface area contributed by atoms with Gasteiger partial charge in [0.15, 0.2) is 5.13 Å². The Balaban J connectivity index is 1.28. The predicted octanol–water partition coefficient (Wildman–Crippen LogP) is 1.76. The van der Waals surface area contributed by atoms with Gasteiger partial charge in [-0.3, -0.25) is 14.4 Å². The van der Waals surface area contributed by atoms with Crippen molar-refractivity contribution in [1.82, 2.24) is 9.88 Å². The number of anilines is 2. The number of rotatable bonds is 6. The van der Waals surface area contributed by atoms with Gasteiger partial charge in [-0.05, 0) is 18.2 Å². The number of nitrogens with zero attached hydrogens (tertiary/aromatic N) is 4. The van der Waals surface area contributed by atoms with Crippen molar-refractivity contribution in [3.63, 3.8) is 0 Å². The number of benzene rings is 1. The van der Waals surface area contributed by atoms with Gasteiger partial charge in [-0.25, -0.2) is 9.98 Å². The Morgan fingerprint density at radius 1 is 1.25 bits per heavy atom. The quantitative estimate of drug-likeness (QED) is 0.669. The van der Waals surface area contributed by atoms with Crippen LogP contribution in [0.4, 0.5) is 10.8 Å². The van der Waals surface area contributed by atoms with Crippen molar-refractivity contribution in [2.75, 3.05) is 43.5 Å². The third-order valence-electron chi connectivity index (χ3n) is 5.30. The number of piperazine rings is 1. The summed E-state index contributed by atoms with van der Waals surface area (Å²) >= 11 is 1.23. The van der Waals surface area contributed by atoms with E-state index in [1.54, 1.807) is 18.6 Å². The predicted molar refractivity (Wildman–Crippen MR) is 122 cm³/mol. The molecule has 1 atom stereocenters. The zero-order valence-electron chi connectivity index (χ0n) is 17.6. The Hall–Kier alpha value is -3.53. The van der Waals surface area contributed by atoms with E-state index in [9.17, 15) is 14.4 Å². The van der Waals surface area contributed by atoms with Crippen LogP contribution in [0.25, 0.3) is 0 Å². The summed E-state index contributed by atoms with van der Waals surface area (Å²) in [5.41, 5.74) is 1.67. The zero-order chi connectivity index (χ0) is 22.5. The van der Waals surface area contributed by atoms with E-state index in [1.807, 2.05) is 29.2 Å². The van der Waals surface area contributed by atoms with Crippen LogP contribution in [0.3, 0.4) is 0 Å². The van der Waals surface area contributed by atoms with Crippen molar-refractivity contribution in [1.29, 1.82) is 0 Å². The van der Waals surface area contributed by atoms with Gasteiger partial charge >= 0.3 is 0 Å². The molecule has 32 heavy (non-hydrogen) atoms. The van der Waals surface area contributed by atoms with Gasteiger partial charge in [0.05, 0.1) is 19.2 Å². The largest absolute Gasteiger partial charge is 0.497 e. The average molecular weight is 454 g/mol. The molecule has 2 aliphatic heterocycles. The molecular weight excluding hydrogens is 430 g/mol. The van der Waals surface area contributed by atoms with Crippen molar-refractivity contribution in [3.05, 3.63) is 47.5 Å². The number of hydrogen-bond acceptors (Lipinski definition) is 7. The number of amides is 3. The lowest BCUT2D eigenvalue weighted by molar-refractivity contribution is -0.131. The first-order chi connectivity index (χ1) is 15.5. The Bertz CT molecular complexity index is 1070. The number of thiazole rings is 1. The van der Waals surface area contributed by atoms with Gasteiger partial charge in [0.25, 0.3) is 5.91 Å². The molecule has 10 heteroatoms. The van der Waals surface area contributed by atoms with Crippen molar-refractivity contribution in [2.24, 2.45) is 10.9 Å². The molecule has 1 unspecified atom stereocenters. The summed E-state index contributed by atoms with van der Waals surface area (Å²) in [5, 5.41) is 4.73. The molecule has 4 rings (SSSR count). The van der Waals surface area contributed by atoms with Crippen molar-refractivity contribution in [3.8, 4) is 5.75 Å². The van der Waals surface area contributed by atoms with E-state index in [0.717, 1.165) is 24.5 Å². The number of allylic oxidation sites excluding steroid dienone is 1. The third kappa shape index (κ3) is 5.02. The van der Waals surface area contributed by atoms with E-state index < -0.39 is 17.7 Å². The highest BCUT2D eigenvalue weighted by molar-refractivity contribution is 7.14. The molecule has 1 fully saturated rings. The average Bonchev–Trinajstić information content (AvgIpc) is 3.26. The lowest BCUT2D eigenvalue weighted by Crippen LogP contribution is -2.49. The molecule has 2 aliphatic rings. The number of ether oxygens (including phenoxy) is 1. The van der Waals surface area contributed by atoms with Gasteiger partial charge in [-0.1, -0.05) is 12.1 Å². The summed E-state index contributed by atoms with van der Waals surface area (Å²) in [5.74, 6) is -1.13. The van der Waals surface area contributed by atoms with Gasteiger partial charge in [0, 0.05) is 49.5 Å². The molecule has 1 aromatic heterocycles. The molecule has 0 saturated carbocycles. The highest BCUT2D eigenvalue weighted by Crippen LogP contribution is 2.23. The molecule has 1 N–H and O–H groups in total. The molecule has 9 nitrogen and oxygen atoms in total. The van der Waals surface area contributed by atoms with Crippen molar-refractivity contribution < 1.29 is 19.1 Å².